The van der Waals surface area contributed by atoms with Gasteiger partial charge in [0, 0.05) is 32.2 Å². The average molecular weight is 524 g/mol. The van der Waals surface area contributed by atoms with Crippen molar-refractivity contribution >= 4 is 41.0 Å². The number of nitrogens with one attached hydrogen (secondary N) is 2. The molecule has 1 atom stereocenters. The number of likely N-dealkylation sites (tertiary alicyclic amines) is 1. The summed E-state index contributed by atoms with van der Waals surface area (Å²) in [6.07, 6.45) is -3.48. The third-order valence-corrected chi connectivity index (χ3v) is 4.80. The zero-order chi connectivity index (χ0) is 20.1. The van der Waals surface area contributed by atoms with Crippen LogP contribution in [-0.2, 0) is 6.54 Å². The highest BCUT2D eigenvalue weighted by atomic mass is 127. The van der Waals surface area contributed by atoms with Crippen LogP contribution in [0.3, 0.4) is 0 Å². The molecule has 3 rings (SSSR count). The van der Waals surface area contributed by atoms with Crippen molar-refractivity contribution in [2.75, 3.05) is 32.7 Å². The second-order valence-electron chi connectivity index (χ2n) is 7.04. The van der Waals surface area contributed by atoms with E-state index in [4.69, 9.17) is 0 Å². The van der Waals surface area contributed by atoms with Crippen molar-refractivity contribution in [3.05, 3.63) is 30.1 Å². The zero-order valence-electron chi connectivity index (χ0n) is 16.7. The van der Waals surface area contributed by atoms with Crippen molar-refractivity contribution in [3.63, 3.8) is 0 Å². The second-order valence-corrected chi connectivity index (χ2v) is 7.04. The first-order chi connectivity index (χ1) is 13.4. The molecular weight excluding hydrogens is 496 g/mol. The molecule has 0 radical (unpaired) electrons. The van der Waals surface area contributed by atoms with Gasteiger partial charge in [-0.25, -0.2) is 4.98 Å². The Balaban J connectivity index is 0.00000300. The molecule has 29 heavy (non-hydrogen) atoms. The smallest absolute Gasteiger partial charge is 0.357 e. The van der Waals surface area contributed by atoms with Crippen LogP contribution in [0.25, 0.3) is 11.0 Å². The molecule has 1 aliphatic heterocycles. The predicted molar refractivity (Wildman–Crippen MR) is 120 cm³/mol. The summed E-state index contributed by atoms with van der Waals surface area (Å²) in [7, 11) is 0. The van der Waals surface area contributed by atoms with Gasteiger partial charge in [0.25, 0.3) is 0 Å². The summed E-state index contributed by atoms with van der Waals surface area (Å²) < 4.78 is 39.8. The van der Waals surface area contributed by atoms with Crippen LogP contribution in [0.4, 0.5) is 13.2 Å². The van der Waals surface area contributed by atoms with Crippen molar-refractivity contribution in [3.8, 4) is 0 Å². The lowest BCUT2D eigenvalue weighted by Crippen LogP contribution is -2.45. The summed E-state index contributed by atoms with van der Waals surface area (Å²) in [5.74, 6) is 1.58. The van der Waals surface area contributed by atoms with E-state index >= 15 is 0 Å². The summed E-state index contributed by atoms with van der Waals surface area (Å²) in [5, 5.41) is 6.45. The summed E-state index contributed by atoms with van der Waals surface area (Å²) in [6, 6.07) is 7.95. The van der Waals surface area contributed by atoms with E-state index < -0.39 is 12.7 Å². The van der Waals surface area contributed by atoms with Crippen LogP contribution in [0.5, 0.6) is 0 Å². The van der Waals surface area contributed by atoms with Gasteiger partial charge in [-0.2, -0.15) is 13.2 Å². The molecule has 1 aliphatic rings. The van der Waals surface area contributed by atoms with Crippen molar-refractivity contribution in [1.82, 2.24) is 25.1 Å². The summed E-state index contributed by atoms with van der Waals surface area (Å²) >= 11 is 0. The van der Waals surface area contributed by atoms with Crippen molar-refractivity contribution in [1.29, 1.82) is 0 Å². The number of hydrogen-bond acceptors (Lipinski definition) is 3. The van der Waals surface area contributed by atoms with Crippen LogP contribution in [0.1, 0.15) is 19.2 Å². The molecule has 1 saturated heterocycles. The Kier molecular flexibility index (Phi) is 8.56. The fourth-order valence-electron chi connectivity index (χ4n) is 3.60. The Morgan fingerprint density at radius 2 is 2.07 bits per heavy atom. The first-order valence-corrected chi connectivity index (χ1v) is 9.61. The molecule has 1 aromatic carbocycles. The highest BCUT2D eigenvalue weighted by Crippen LogP contribution is 2.20. The quantitative estimate of drug-likeness (QED) is 0.347. The minimum atomic E-state index is -4.15. The van der Waals surface area contributed by atoms with Crippen molar-refractivity contribution in [2.45, 2.75) is 39.0 Å². The van der Waals surface area contributed by atoms with E-state index in [0.717, 1.165) is 16.9 Å². The van der Waals surface area contributed by atoms with Crippen LogP contribution >= 0.6 is 24.0 Å². The molecule has 2 aromatic rings. The normalized spacial score (nSPS) is 18.1. The van der Waals surface area contributed by atoms with Gasteiger partial charge in [-0.05, 0) is 32.4 Å². The lowest BCUT2D eigenvalue weighted by Gasteiger charge is -2.19. The zero-order valence-corrected chi connectivity index (χ0v) is 19.0. The highest BCUT2D eigenvalue weighted by Gasteiger charge is 2.34. The van der Waals surface area contributed by atoms with E-state index in [1.165, 1.54) is 4.90 Å². The molecule has 2 heterocycles. The van der Waals surface area contributed by atoms with E-state index in [1.807, 2.05) is 38.1 Å². The van der Waals surface area contributed by atoms with Crippen molar-refractivity contribution in [2.24, 2.45) is 4.99 Å². The molecule has 1 unspecified atom stereocenters. The number of imidazole rings is 1. The second kappa shape index (κ2) is 10.5. The summed E-state index contributed by atoms with van der Waals surface area (Å²) in [6.45, 7) is 5.83. The van der Waals surface area contributed by atoms with Crippen molar-refractivity contribution < 1.29 is 13.2 Å². The van der Waals surface area contributed by atoms with Crippen LogP contribution < -0.4 is 10.6 Å². The number of nitrogens with zero attached hydrogens (tertiary/aromatic N) is 4. The molecule has 0 saturated carbocycles. The maximum Gasteiger partial charge on any atom is 0.401 e. The maximum absolute atomic E-state index is 12.6. The molecule has 1 aromatic heterocycles. The lowest BCUT2D eigenvalue weighted by atomic mass is 10.3. The van der Waals surface area contributed by atoms with Crippen LogP contribution in [0, 0.1) is 6.92 Å². The molecule has 0 bridgehead atoms. The molecule has 6 nitrogen and oxygen atoms in total. The lowest BCUT2D eigenvalue weighted by molar-refractivity contribution is -0.143. The van der Waals surface area contributed by atoms with Crippen LogP contribution in [-0.4, -0.2) is 65.4 Å². The SMILES string of the molecule is CCNC(=NCCn1c(C)nc2ccccc21)NC1CCN(CC(F)(F)F)C1.I. The minimum Gasteiger partial charge on any atom is -0.357 e. The van der Waals surface area contributed by atoms with E-state index in [2.05, 4.69) is 25.2 Å². The number of guanidine groups is 1. The van der Waals surface area contributed by atoms with E-state index in [-0.39, 0.29) is 30.0 Å². The van der Waals surface area contributed by atoms with E-state index in [0.29, 0.717) is 45.1 Å². The number of aryl methyl sites for hydroxylation is 1. The summed E-state index contributed by atoms with van der Waals surface area (Å²) in [4.78, 5) is 10.6. The van der Waals surface area contributed by atoms with Gasteiger partial charge in [0.2, 0.25) is 0 Å². The first kappa shape index (κ1) is 23.7. The third kappa shape index (κ3) is 6.73. The standard InChI is InChI=1S/C19H27F3N6.HI/c1-3-23-18(26-15-8-10-27(12-15)13-19(20,21)22)24-9-11-28-14(2)25-16-6-4-5-7-17(16)28;/h4-7,15H,3,8-13H2,1-2H3,(H2,23,24,26);1H. The molecule has 0 aliphatic carbocycles. The largest absolute Gasteiger partial charge is 0.401 e. The number of aromatic nitrogens is 2. The molecule has 10 heteroatoms. The number of benzene rings is 1. The minimum absolute atomic E-state index is 0. The van der Waals surface area contributed by atoms with Gasteiger partial charge >= 0.3 is 6.18 Å². The van der Waals surface area contributed by atoms with Crippen LogP contribution in [0.2, 0.25) is 0 Å². The van der Waals surface area contributed by atoms with Gasteiger partial charge < -0.3 is 15.2 Å². The number of rotatable bonds is 6. The Morgan fingerprint density at radius 1 is 1.31 bits per heavy atom. The molecular formula is C19H28F3IN6. The molecule has 2 N–H and O–H groups in total. The van der Waals surface area contributed by atoms with Gasteiger partial charge in [-0.1, -0.05) is 12.1 Å². The summed E-state index contributed by atoms with van der Waals surface area (Å²) in [5.41, 5.74) is 2.04. The Bertz CT molecular complexity index is 820. The van der Waals surface area contributed by atoms with Gasteiger partial charge in [0.1, 0.15) is 5.82 Å². The maximum atomic E-state index is 12.6. The number of halogens is 4. The number of para-hydroxylation sites is 2. The van der Waals surface area contributed by atoms with Gasteiger partial charge in [0.05, 0.1) is 24.1 Å². The van der Waals surface area contributed by atoms with Gasteiger partial charge in [-0.15, -0.1) is 24.0 Å². The monoisotopic (exact) mass is 524 g/mol. The Morgan fingerprint density at radius 3 is 2.79 bits per heavy atom. The average Bonchev–Trinajstić information content (AvgIpc) is 3.17. The number of aliphatic imine (C=N–C) groups is 1. The third-order valence-electron chi connectivity index (χ3n) is 4.80. The number of fused-ring (bicyclic) bond motifs is 1. The van der Waals surface area contributed by atoms with E-state index in [9.17, 15) is 13.2 Å². The first-order valence-electron chi connectivity index (χ1n) is 9.61. The molecule has 0 spiro atoms. The van der Waals surface area contributed by atoms with Crippen LogP contribution in [0.15, 0.2) is 29.3 Å². The molecule has 0 amide bonds. The molecule has 162 valence electrons. The fourth-order valence-corrected chi connectivity index (χ4v) is 3.60. The number of hydrogen-bond donors (Lipinski definition) is 2. The fraction of sp³-hybridized carbons (Fsp3) is 0.579. The van der Waals surface area contributed by atoms with Gasteiger partial charge in [0.15, 0.2) is 5.96 Å². The molecule has 1 fully saturated rings. The highest BCUT2D eigenvalue weighted by molar-refractivity contribution is 14.0. The van der Waals surface area contributed by atoms with Gasteiger partial charge in [-0.3, -0.25) is 9.89 Å². The number of alkyl halides is 3. The topological polar surface area (TPSA) is 57.5 Å². The Hall–Kier alpha value is -1.56. The Labute approximate surface area is 186 Å². The predicted octanol–water partition coefficient (Wildman–Crippen LogP) is 3.15. The van der Waals surface area contributed by atoms with E-state index in [1.54, 1.807) is 0 Å².